The van der Waals surface area contributed by atoms with Crippen LogP contribution in [0.15, 0.2) is 61.4 Å². The van der Waals surface area contributed by atoms with Crippen LogP contribution in [0.3, 0.4) is 0 Å². The van der Waals surface area contributed by atoms with Gasteiger partial charge in [-0.15, -0.1) is 0 Å². The van der Waals surface area contributed by atoms with Crippen LogP contribution in [-0.2, 0) is 4.79 Å². The van der Waals surface area contributed by atoms with Crippen molar-refractivity contribution in [3.05, 3.63) is 72.3 Å². The van der Waals surface area contributed by atoms with Crippen molar-refractivity contribution >= 4 is 56.0 Å². The molecule has 2 saturated heterocycles. The first-order chi connectivity index (χ1) is 21.7. The predicted molar refractivity (Wildman–Crippen MR) is 174 cm³/mol. The summed E-state index contributed by atoms with van der Waals surface area (Å²) in [4.78, 5) is 28.3. The number of pyridine rings is 1. The number of phenols is 1. The maximum absolute atomic E-state index is 17.0. The van der Waals surface area contributed by atoms with Gasteiger partial charge in [-0.3, -0.25) is 4.79 Å². The van der Waals surface area contributed by atoms with Crippen LogP contribution in [0, 0.1) is 17.1 Å². The number of fused-ring (bicyclic) bond motifs is 4. The number of phenolic OH excluding ortho intramolecular Hbond substituents is 1. The van der Waals surface area contributed by atoms with Crippen LogP contribution >= 0.6 is 11.6 Å². The number of carbonyl (C=O) groups is 1. The quantitative estimate of drug-likeness (QED) is 0.235. The number of amides is 1. The van der Waals surface area contributed by atoms with E-state index in [0.29, 0.717) is 59.9 Å². The summed E-state index contributed by atoms with van der Waals surface area (Å²) in [5, 5.41) is 22.2. The third-order valence-electron chi connectivity index (χ3n) is 9.25. The molecule has 0 spiro atoms. The SMILES string of the molecule is C=CC(=O)N1C[C@H](n2cnc3c(N4CC(N(C)C)C4)nc4c(F)c(-c5cc(O)cc6ccccc56)c(Cl)cc4c32)C[C@@H]1CC#N. The minimum absolute atomic E-state index is 0.00327. The second kappa shape index (κ2) is 11.0. The monoisotopic (exact) mass is 623 g/mol. The van der Waals surface area contributed by atoms with E-state index in [0.717, 1.165) is 10.8 Å². The molecule has 2 aliphatic rings. The number of likely N-dealkylation sites (tertiary alicyclic amines) is 1. The van der Waals surface area contributed by atoms with Crippen LogP contribution < -0.4 is 4.90 Å². The number of nitriles is 1. The molecule has 1 amide bonds. The summed E-state index contributed by atoms with van der Waals surface area (Å²) in [7, 11) is 4.06. The fraction of sp³-hybridized carbons (Fsp3) is 0.294. The number of carbonyl (C=O) groups excluding carboxylic acids is 1. The molecule has 5 aromatic rings. The van der Waals surface area contributed by atoms with Gasteiger partial charge in [0, 0.05) is 42.7 Å². The standard InChI is InChI=1S/C34H31ClFN7O2/c1-4-28(45)42-17-21(12-20(42)9-10-37)43-18-38-32-33(43)26-14-27(35)29(25-13-23(44)11-19-7-5-6-8-24(19)25)30(36)31(26)39-34(32)41-15-22(16-41)40(2)3/h4-8,11,13-14,18,20-22,44H,1,9,12,15-17H2,2-3H3/t20-,21+/m0/s1. The molecule has 3 aromatic carbocycles. The van der Waals surface area contributed by atoms with Crippen LogP contribution in [0.5, 0.6) is 5.75 Å². The van der Waals surface area contributed by atoms with Gasteiger partial charge in [-0.25, -0.2) is 14.4 Å². The van der Waals surface area contributed by atoms with E-state index in [1.54, 1.807) is 23.4 Å². The predicted octanol–water partition coefficient (Wildman–Crippen LogP) is 5.89. The van der Waals surface area contributed by atoms with Gasteiger partial charge in [0.25, 0.3) is 0 Å². The molecule has 2 aromatic heterocycles. The molecule has 0 bridgehead atoms. The number of hydrogen-bond donors (Lipinski definition) is 1. The van der Waals surface area contributed by atoms with Crippen LogP contribution in [-0.4, -0.2) is 81.2 Å². The van der Waals surface area contributed by atoms with Crippen LogP contribution in [0.2, 0.25) is 5.02 Å². The topological polar surface area (TPSA) is 102 Å². The molecule has 2 aliphatic heterocycles. The molecule has 4 heterocycles. The normalized spacial score (nSPS) is 18.7. The Balaban J connectivity index is 1.46. The fourth-order valence-electron chi connectivity index (χ4n) is 6.83. The smallest absolute Gasteiger partial charge is 0.246 e. The number of anilines is 1. The Morgan fingerprint density at radius 2 is 1.98 bits per heavy atom. The molecule has 2 atom stereocenters. The van der Waals surface area contributed by atoms with E-state index in [-0.39, 0.29) is 46.3 Å². The molecule has 0 radical (unpaired) electrons. The average molecular weight is 624 g/mol. The molecule has 45 heavy (non-hydrogen) atoms. The van der Waals surface area contributed by atoms with Gasteiger partial charge in [-0.05, 0) is 61.1 Å². The maximum atomic E-state index is 17.0. The minimum Gasteiger partial charge on any atom is -0.508 e. The van der Waals surface area contributed by atoms with Gasteiger partial charge >= 0.3 is 0 Å². The second-order valence-corrected chi connectivity index (χ2v) is 12.5. The van der Waals surface area contributed by atoms with Crippen molar-refractivity contribution in [2.24, 2.45) is 0 Å². The van der Waals surface area contributed by atoms with Gasteiger partial charge in [0.05, 0.1) is 35.4 Å². The Morgan fingerprint density at radius 3 is 2.71 bits per heavy atom. The molecule has 0 unspecified atom stereocenters. The number of rotatable bonds is 6. The van der Waals surface area contributed by atoms with E-state index < -0.39 is 5.82 Å². The zero-order valence-electron chi connectivity index (χ0n) is 24.9. The van der Waals surface area contributed by atoms with Gasteiger partial charge < -0.3 is 24.4 Å². The highest BCUT2D eigenvalue weighted by atomic mass is 35.5. The molecule has 0 saturated carbocycles. The number of nitrogens with zero attached hydrogens (tertiary/aromatic N) is 7. The van der Waals surface area contributed by atoms with Gasteiger partial charge in [0.15, 0.2) is 11.6 Å². The van der Waals surface area contributed by atoms with E-state index in [4.69, 9.17) is 21.6 Å². The highest BCUT2D eigenvalue weighted by molar-refractivity contribution is 6.35. The van der Waals surface area contributed by atoms with Gasteiger partial charge in [-0.1, -0.05) is 42.4 Å². The Bertz CT molecular complexity index is 2060. The summed E-state index contributed by atoms with van der Waals surface area (Å²) in [5.74, 6) is -0.246. The zero-order chi connectivity index (χ0) is 31.6. The number of aromatic hydroxyl groups is 1. The lowest BCUT2D eigenvalue weighted by Gasteiger charge is -2.43. The summed E-state index contributed by atoms with van der Waals surface area (Å²) in [6.45, 7) is 5.42. The van der Waals surface area contributed by atoms with Crippen molar-refractivity contribution in [3.8, 4) is 22.9 Å². The molecule has 9 nitrogen and oxygen atoms in total. The molecule has 0 aliphatic carbocycles. The summed E-state index contributed by atoms with van der Waals surface area (Å²) in [6, 6.07) is 14.4. The van der Waals surface area contributed by atoms with Crippen molar-refractivity contribution in [3.63, 3.8) is 0 Å². The second-order valence-electron chi connectivity index (χ2n) is 12.1. The number of aromatic nitrogens is 3. The van der Waals surface area contributed by atoms with Gasteiger partial charge in [0.1, 0.15) is 16.8 Å². The van der Waals surface area contributed by atoms with Crippen LogP contribution in [0.4, 0.5) is 10.2 Å². The highest BCUT2D eigenvalue weighted by Crippen LogP contribution is 2.44. The number of hydrogen-bond acceptors (Lipinski definition) is 7. The molecule has 228 valence electrons. The summed E-state index contributed by atoms with van der Waals surface area (Å²) < 4.78 is 19.0. The van der Waals surface area contributed by atoms with E-state index >= 15 is 4.39 Å². The summed E-state index contributed by atoms with van der Waals surface area (Å²) >= 11 is 6.92. The number of imidazole rings is 1. The lowest BCUT2D eigenvalue weighted by molar-refractivity contribution is -0.126. The molecule has 1 N–H and O–H groups in total. The molecule has 11 heteroatoms. The van der Waals surface area contributed by atoms with Crippen molar-refractivity contribution in [2.45, 2.75) is 31.0 Å². The van der Waals surface area contributed by atoms with E-state index in [9.17, 15) is 15.2 Å². The summed E-state index contributed by atoms with van der Waals surface area (Å²) in [5.41, 5.74) is 2.07. The molecule has 7 rings (SSSR count). The summed E-state index contributed by atoms with van der Waals surface area (Å²) in [6.07, 6.45) is 3.71. The van der Waals surface area contributed by atoms with Crippen LogP contribution in [0.1, 0.15) is 18.9 Å². The largest absolute Gasteiger partial charge is 0.508 e. The zero-order valence-corrected chi connectivity index (χ0v) is 25.7. The average Bonchev–Trinajstić information content (AvgIpc) is 3.61. The Morgan fingerprint density at radius 1 is 1.20 bits per heavy atom. The number of likely N-dealkylation sites (N-methyl/N-ethyl adjacent to an activating group) is 1. The minimum atomic E-state index is -0.592. The van der Waals surface area contributed by atoms with E-state index in [1.165, 1.54) is 12.1 Å². The number of halogens is 2. The Labute approximate surface area is 264 Å². The molecule has 2 fully saturated rings. The van der Waals surface area contributed by atoms with Crippen molar-refractivity contribution in [1.82, 2.24) is 24.3 Å². The third-order valence-corrected chi connectivity index (χ3v) is 9.55. The first-order valence-electron chi connectivity index (χ1n) is 14.8. The van der Waals surface area contributed by atoms with Crippen molar-refractivity contribution in [1.29, 1.82) is 5.26 Å². The van der Waals surface area contributed by atoms with E-state index in [1.807, 2.05) is 42.9 Å². The fourth-order valence-corrected chi connectivity index (χ4v) is 7.12. The lowest BCUT2D eigenvalue weighted by atomic mass is 9.95. The Kier molecular flexibility index (Phi) is 7.10. The third kappa shape index (κ3) is 4.66. The molecular formula is C34H31ClFN7O2. The first kappa shape index (κ1) is 29.0. The first-order valence-corrected chi connectivity index (χ1v) is 15.2. The van der Waals surface area contributed by atoms with E-state index in [2.05, 4.69) is 22.4 Å². The molecular weight excluding hydrogens is 593 g/mol. The lowest BCUT2D eigenvalue weighted by Crippen LogP contribution is -2.57. The highest BCUT2D eigenvalue weighted by Gasteiger charge is 2.38. The van der Waals surface area contributed by atoms with Gasteiger partial charge in [0.2, 0.25) is 5.91 Å². The number of benzene rings is 3. The Hall–Kier alpha value is -4.72. The van der Waals surface area contributed by atoms with Crippen LogP contribution in [0.25, 0.3) is 43.8 Å². The van der Waals surface area contributed by atoms with Crippen molar-refractivity contribution < 1.29 is 14.3 Å². The van der Waals surface area contributed by atoms with Crippen molar-refractivity contribution in [2.75, 3.05) is 38.6 Å². The maximum Gasteiger partial charge on any atom is 0.246 e. The van der Waals surface area contributed by atoms with Gasteiger partial charge in [-0.2, -0.15) is 5.26 Å².